The molecule has 2 aromatic rings. The zero-order valence-electron chi connectivity index (χ0n) is 11.9. The van der Waals surface area contributed by atoms with Gasteiger partial charge in [-0.3, -0.25) is 9.69 Å². The van der Waals surface area contributed by atoms with Crippen LogP contribution in [-0.2, 0) is 4.79 Å². The maximum absolute atomic E-state index is 12.1. The molecule has 0 aliphatic carbocycles. The van der Waals surface area contributed by atoms with Crippen molar-refractivity contribution in [1.82, 2.24) is 4.90 Å². The molecular formula is C16H15ClN2O3. The molecule has 0 heterocycles. The van der Waals surface area contributed by atoms with Crippen LogP contribution in [-0.4, -0.2) is 24.5 Å². The van der Waals surface area contributed by atoms with Gasteiger partial charge in [-0.25, -0.2) is 4.79 Å². The second-order valence-electron chi connectivity index (χ2n) is 4.52. The molecule has 0 bridgehead atoms. The van der Waals surface area contributed by atoms with Crippen molar-refractivity contribution in [3.63, 3.8) is 0 Å². The molecule has 2 rings (SSSR count). The summed E-state index contributed by atoms with van der Waals surface area (Å²) < 4.78 is 5.25. The van der Waals surface area contributed by atoms with Gasteiger partial charge in [-0.1, -0.05) is 48.0 Å². The first kappa shape index (κ1) is 15.9. The lowest BCUT2D eigenvalue weighted by atomic mass is 10.2. The van der Waals surface area contributed by atoms with E-state index in [0.717, 1.165) is 5.56 Å². The van der Waals surface area contributed by atoms with Crippen LogP contribution in [0.4, 0.5) is 10.5 Å². The molecule has 1 unspecified atom stereocenters. The Bertz CT molecular complexity index is 649. The molecular weight excluding hydrogens is 304 g/mol. The second kappa shape index (κ2) is 7.47. The lowest BCUT2D eigenvalue weighted by Gasteiger charge is -2.22. The van der Waals surface area contributed by atoms with Crippen LogP contribution in [0.5, 0.6) is 5.75 Å². The molecule has 5 nitrogen and oxygen atoms in total. The van der Waals surface area contributed by atoms with E-state index in [4.69, 9.17) is 16.3 Å². The highest BCUT2D eigenvalue weighted by Gasteiger charge is 2.21. The Hall–Kier alpha value is -2.53. The van der Waals surface area contributed by atoms with Gasteiger partial charge in [0.15, 0.2) is 0 Å². The first-order valence-corrected chi connectivity index (χ1v) is 6.99. The highest BCUT2D eigenvalue weighted by molar-refractivity contribution is 6.21. The highest BCUT2D eigenvalue weighted by atomic mass is 35.5. The molecule has 1 atom stereocenters. The van der Waals surface area contributed by atoms with E-state index >= 15 is 0 Å². The van der Waals surface area contributed by atoms with Crippen LogP contribution < -0.4 is 10.1 Å². The fourth-order valence-corrected chi connectivity index (χ4v) is 2.04. The summed E-state index contributed by atoms with van der Waals surface area (Å²) >= 11 is 6.27. The second-order valence-corrected chi connectivity index (χ2v) is 4.93. The molecule has 1 N–H and O–H groups in total. The van der Waals surface area contributed by atoms with Gasteiger partial charge in [0.25, 0.3) is 0 Å². The van der Waals surface area contributed by atoms with E-state index in [1.807, 2.05) is 30.3 Å². The smallest absolute Gasteiger partial charge is 0.410 e. The number of nitrogens with zero attached hydrogens (tertiary/aromatic N) is 1. The summed E-state index contributed by atoms with van der Waals surface area (Å²) in [6.07, 6.45) is -0.0378. The van der Waals surface area contributed by atoms with Crippen molar-refractivity contribution in [1.29, 1.82) is 0 Å². The molecule has 2 amide bonds. The van der Waals surface area contributed by atoms with Crippen molar-refractivity contribution >= 4 is 29.8 Å². The average Bonchev–Trinajstić information content (AvgIpc) is 2.55. The van der Waals surface area contributed by atoms with Gasteiger partial charge in [-0.05, 0) is 17.7 Å². The molecule has 0 saturated heterocycles. The Morgan fingerprint density at radius 2 is 1.95 bits per heavy atom. The molecule has 0 aliphatic rings. The molecule has 22 heavy (non-hydrogen) atoms. The van der Waals surface area contributed by atoms with Crippen LogP contribution in [0.25, 0.3) is 0 Å². The number of benzene rings is 2. The van der Waals surface area contributed by atoms with Crippen LogP contribution >= 0.6 is 11.6 Å². The molecule has 0 spiro atoms. The van der Waals surface area contributed by atoms with Gasteiger partial charge >= 0.3 is 6.09 Å². The molecule has 114 valence electrons. The Morgan fingerprint density at radius 3 is 2.64 bits per heavy atom. The maximum atomic E-state index is 12.1. The first-order chi connectivity index (χ1) is 10.6. The van der Waals surface area contributed by atoms with Gasteiger partial charge in [-0.15, -0.1) is 0 Å². The Balaban J connectivity index is 2.05. The molecule has 6 heteroatoms. The van der Waals surface area contributed by atoms with E-state index in [1.165, 1.54) is 4.90 Å². The summed E-state index contributed by atoms with van der Waals surface area (Å²) in [4.78, 5) is 23.8. The summed E-state index contributed by atoms with van der Waals surface area (Å²) in [6.45, 7) is 0. The highest BCUT2D eigenvalue weighted by Crippen LogP contribution is 2.25. The van der Waals surface area contributed by atoms with E-state index in [-0.39, 0.29) is 0 Å². The minimum absolute atomic E-state index is 0.320. The number of alkyl halides is 1. The first-order valence-electron chi connectivity index (χ1n) is 6.55. The maximum Gasteiger partial charge on any atom is 0.416 e. The van der Waals surface area contributed by atoms with Crippen molar-refractivity contribution in [3.8, 4) is 5.75 Å². The predicted molar refractivity (Wildman–Crippen MR) is 85.0 cm³/mol. The molecule has 0 saturated carbocycles. The van der Waals surface area contributed by atoms with E-state index in [0.29, 0.717) is 17.8 Å². The Kier molecular flexibility index (Phi) is 5.38. The van der Waals surface area contributed by atoms with E-state index in [9.17, 15) is 9.59 Å². The number of ether oxygens (including phenoxy) is 1. The molecule has 0 radical (unpaired) electrons. The third-order valence-corrected chi connectivity index (χ3v) is 3.51. The number of hydrogen-bond acceptors (Lipinski definition) is 3. The standard InChI is InChI=1S/C16H15ClN2O3/c1-19(15(17)12-6-3-2-4-7-12)16(21)22-14-9-5-8-13(10-14)18-11-20/h2-11,15H,1H3,(H,18,20). The summed E-state index contributed by atoms with van der Waals surface area (Å²) in [5.41, 5.74) is 0.693. The quantitative estimate of drug-likeness (QED) is 0.520. The Labute approximate surface area is 133 Å². The topological polar surface area (TPSA) is 58.6 Å². The van der Waals surface area contributed by atoms with E-state index < -0.39 is 11.6 Å². The predicted octanol–water partition coefficient (Wildman–Crippen LogP) is 3.62. The summed E-state index contributed by atoms with van der Waals surface area (Å²) in [5.74, 6) is 0.320. The van der Waals surface area contributed by atoms with Crippen LogP contribution in [0.15, 0.2) is 54.6 Å². The van der Waals surface area contributed by atoms with Gasteiger partial charge < -0.3 is 10.1 Å². The molecule has 0 fully saturated rings. The van der Waals surface area contributed by atoms with Gasteiger partial charge in [-0.2, -0.15) is 0 Å². The number of anilines is 1. The van der Waals surface area contributed by atoms with Crippen molar-refractivity contribution < 1.29 is 14.3 Å². The molecule has 0 aliphatic heterocycles. The lowest BCUT2D eigenvalue weighted by Crippen LogP contribution is -2.31. The monoisotopic (exact) mass is 318 g/mol. The normalized spacial score (nSPS) is 11.4. The minimum Gasteiger partial charge on any atom is -0.410 e. The molecule has 0 aromatic heterocycles. The van der Waals surface area contributed by atoms with Gasteiger partial charge in [0.05, 0.1) is 0 Å². The average molecular weight is 319 g/mol. The van der Waals surface area contributed by atoms with Crippen LogP contribution in [0, 0.1) is 0 Å². The number of hydrogen-bond donors (Lipinski definition) is 1. The Morgan fingerprint density at radius 1 is 1.23 bits per heavy atom. The van der Waals surface area contributed by atoms with E-state index in [1.54, 1.807) is 31.3 Å². The number of rotatable bonds is 5. The SMILES string of the molecule is CN(C(=O)Oc1cccc(NC=O)c1)C(Cl)c1ccccc1. The third kappa shape index (κ3) is 3.99. The molecule has 2 aromatic carbocycles. The van der Waals surface area contributed by atoms with Crippen molar-refractivity contribution in [2.75, 3.05) is 12.4 Å². The largest absolute Gasteiger partial charge is 0.416 e. The zero-order valence-corrected chi connectivity index (χ0v) is 12.7. The van der Waals surface area contributed by atoms with Crippen molar-refractivity contribution in [2.45, 2.75) is 5.50 Å². The number of carbonyl (C=O) groups is 2. The van der Waals surface area contributed by atoms with Gasteiger partial charge in [0, 0.05) is 18.8 Å². The van der Waals surface area contributed by atoms with Crippen molar-refractivity contribution in [2.24, 2.45) is 0 Å². The zero-order chi connectivity index (χ0) is 15.9. The lowest BCUT2D eigenvalue weighted by molar-refractivity contribution is -0.105. The summed E-state index contributed by atoms with van der Waals surface area (Å²) in [6, 6.07) is 15.7. The van der Waals surface area contributed by atoms with Crippen LogP contribution in [0.2, 0.25) is 0 Å². The number of halogens is 1. The van der Waals surface area contributed by atoms with Crippen LogP contribution in [0.3, 0.4) is 0 Å². The summed E-state index contributed by atoms with van der Waals surface area (Å²) in [5, 5.41) is 2.49. The minimum atomic E-state index is -0.634. The van der Waals surface area contributed by atoms with Gasteiger partial charge in [0.1, 0.15) is 11.3 Å². The van der Waals surface area contributed by atoms with Crippen molar-refractivity contribution in [3.05, 3.63) is 60.2 Å². The third-order valence-electron chi connectivity index (χ3n) is 2.97. The van der Waals surface area contributed by atoms with Crippen LogP contribution in [0.1, 0.15) is 11.1 Å². The summed E-state index contributed by atoms with van der Waals surface area (Å²) in [7, 11) is 1.56. The van der Waals surface area contributed by atoms with E-state index in [2.05, 4.69) is 5.32 Å². The fourth-order valence-electron chi connectivity index (χ4n) is 1.82. The van der Waals surface area contributed by atoms with Gasteiger partial charge in [0.2, 0.25) is 6.41 Å². The number of nitrogens with one attached hydrogen (secondary N) is 1. The fraction of sp³-hybridized carbons (Fsp3) is 0.125. The number of amides is 2. The number of carbonyl (C=O) groups excluding carboxylic acids is 2.